The molecular formula is C11H13N3OS. The second-order valence-electron chi connectivity index (χ2n) is 2.96. The molecule has 0 radical (unpaired) electrons. The Hall–Kier alpha value is -1.88. The minimum atomic E-state index is 0.230. The first-order chi connectivity index (χ1) is 7.72. The van der Waals surface area contributed by atoms with Gasteiger partial charge in [0.1, 0.15) is 5.75 Å². The average molecular weight is 235 g/mol. The Morgan fingerprint density at radius 3 is 2.75 bits per heavy atom. The molecule has 84 valence electrons. The summed E-state index contributed by atoms with van der Waals surface area (Å²) < 4.78 is 0. The van der Waals surface area contributed by atoms with E-state index in [1.165, 1.54) is 0 Å². The molecule has 1 aromatic carbocycles. The zero-order chi connectivity index (χ0) is 11.8. The van der Waals surface area contributed by atoms with Crippen LogP contribution >= 0.6 is 12.2 Å². The van der Waals surface area contributed by atoms with E-state index in [9.17, 15) is 0 Å². The SMILES string of the molecule is C=CCNC(=S)NN=Cc1ccc(O)cc1. The van der Waals surface area contributed by atoms with Gasteiger partial charge in [-0.3, -0.25) is 5.43 Å². The van der Waals surface area contributed by atoms with Gasteiger partial charge >= 0.3 is 0 Å². The van der Waals surface area contributed by atoms with Gasteiger partial charge in [0, 0.05) is 6.54 Å². The van der Waals surface area contributed by atoms with Crippen LogP contribution in [0.5, 0.6) is 5.75 Å². The Balaban J connectivity index is 2.39. The molecule has 0 saturated carbocycles. The van der Waals surface area contributed by atoms with Crippen LogP contribution < -0.4 is 10.7 Å². The molecule has 0 amide bonds. The van der Waals surface area contributed by atoms with E-state index in [1.807, 2.05) is 0 Å². The fourth-order valence-electron chi connectivity index (χ4n) is 0.930. The first kappa shape index (κ1) is 12.2. The van der Waals surface area contributed by atoms with Crippen LogP contribution in [0.15, 0.2) is 42.0 Å². The van der Waals surface area contributed by atoms with E-state index in [0.717, 1.165) is 5.56 Å². The Morgan fingerprint density at radius 1 is 1.44 bits per heavy atom. The van der Waals surface area contributed by atoms with Crippen molar-refractivity contribution in [1.29, 1.82) is 0 Å². The van der Waals surface area contributed by atoms with E-state index in [-0.39, 0.29) is 5.75 Å². The maximum atomic E-state index is 9.07. The van der Waals surface area contributed by atoms with Gasteiger partial charge in [0.15, 0.2) is 5.11 Å². The number of hydrogen-bond acceptors (Lipinski definition) is 3. The quantitative estimate of drug-likeness (QED) is 0.319. The van der Waals surface area contributed by atoms with E-state index in [4.69, 9.17) is 17.3 Å². The highest BCUT2D eigenvalue weighted by Gasteiger charge is 1.90. The number of hydrogen-bond donors (Lipinski definition) is 3. The van der Waals surface area contributed by atoms with Crippen molar-refractivity contribution in [3.63, 3.8) is 0 Å². The molecule has 0 aromatic heterocycles. The first-order valence-electron chi connectivity index (χ1n) is 4.69. The predicted molar refractivity (Wildman–Crippen MR) is 69.6 cm³/mol. The van der Waals surface area contributed by atoms with Crippen molar-refractivity contribution in [1.82, 2.24) is 10.7 Å². The Labute approximate surface area is 99.7 Å². The zero-order valence-electron chi connectivity index (χ0n) is 8.68. The fourth-order valence-corrected chi connectivity index (χ4v) is 1.07. The highest BCUT2D eigenvalue weighted by molar-refractivity contribution is 7.80. The normalized spacial score (nSPS) is 10.0. The average Bonchev–Trinajstić information content (AvgIpc) is 2.29. The van der Waals surface area contributed by atoms with Crippen molar-refractivity contribution in [2.24, 2.45) is 5.10 Å². The fraction of sp³-hybridized carbons (Fsp3) is 0.0909. The van der Waals surface area contributed by atoms with Gasteiger partial charge in [0.2, 0.25) is 0 Å². The molecule has 0 heterocycles. The van der Waals surface area contributed by atoms with E-state index in [0.29, 0.717) is 11.7 Å². The van der Waals surface area contributed by atoms with E-state index in [2.05, 4.69) is 22.4 Å². The lowest BCUT2D eigenvalue weighted by molar-refractivity contribution is 0.475. The molecule has 4 nitrogen and oxygen atoms in total. The minimum absolute atomic E-state index is 0.230. The highest BCUT2D eigenvalue weighted by Crippen LogP contribution is 2.07. The molecule has 0 bridgehead atoms. The Morgan fingerprint density at radius 2 is 2.12 bits per heavy atom. The molecule has 0 aliphatic heterocycles. The van der Waals surface area contributed by atoms with Crippen LogP contribution in [0.2, 0.25) is 0 Å². The molecule has 16 heavy (non-hydrogen) atoms. The van der Waals surface area contributed by atoms with Crippen LogP contribution in [0, 0.1) is 0 Å². The van der Waals surface area contributed by atoms with Crippen LogP contribution in [0.1, 0.15) is 5.56 Å². The van der Waals surface area contributed by atoms with Gasteiger partial charge in [-0.1, -0.05) is 6.08 Å². The van der Waals surface area contributed by atoms with E-state index >= 15 is 0 Å². The summed E-state index contributed by atoms with van der Waals surface area (Å²) in [5, 5.41) is 16.3. The highest BCUT2D eigenvalue weighted by atomic mass is 32.1. The number of hydrazone groups is 1. The van der Waals surface area contributed by atoms with Gasteiger partial charge in [-0.05, 0) is 42.0 Å². The summed E-state index contributed by atoms with van der Waals surface area (Å²) >= 11 is 4.93. The number of nitrogens with zero attached hydrogens (tertiary/aromatic N) is 1. The monoisotopic (exact) mass is 235 g/mol. The maximum absolute atomic E-state index is 9.07. The summed E-state index contributed by atoms with van der Waals surface area (Å²) in [5.74, 6) is 0.230. The Bertz CT molecular complexity index is 387. The molecular weight excluding hydrogens is 222 g/mol. The van der Waals surface area contributed by atoms with Crippen molar-refractivity contribution in [3.8, 4) is 5.75 Å². The van der Waals surface area contributed by atoms with E-state index < -0.39 is 0 Å². The number of aromatic hydroxyl groups is 1. The van der Waals surface area contributed by atoms with Crippen LogP contribution in [0.25, 0.3) is 0 Å². The van der Waals surface area contributed by atoms with Crippen molar-refractivity contribution >= 4 is 23.5 Å². The molecule has 0 fully saturated rings. The lowest BCUT2D eigenvalue weighted by Crippen LogP contribution is -2.31. The van der Waals surface area contributed by atoms with Crippen LogP contribution in [0.4, 0.5) is 0 Å². The van der Waals surface area contributed by atoms with E-state index in [1.54, 1.807) is 36.6 Å². The smallest absolute Gasteiger partial charge is 0.187 e. The molecule has 1 rings (SSSR count). The van der Waals surface area contributed by atoms with Crippen molar-refractivity contribution in [2.45, 2.75) is 0 Å². The molecule has 1 aromatic rings. The van der Waals surface area contributed by atoms with Gasteiger partial charge in [-0.25, -0.2) is 0 Å². The summed E-state index contributed by atoms with van der Waals surface area (Å²) in [6.45, 7) is 4.15. The number of benzene rings is 1. The van der Waals surface area contributed by atoms with Crippen LogP contribution in [0.3, 0.4) is 0 Å². The maximum Gasteiger partial charge on any atom is 0.187 e. The molecule has 0 unspecified atom stereocenters. The summed E-state index contributed by atoms with van der Waals surface area (Å²) in [5.41, 5.74) is 3.53. The second-order valence-corrected chi connectivity index (χ2v) is 3.37. The number of thiocarbonyl (C=S) groups is 1. The van der Waals surface area contributed by atoms with Gasteiger partial charge in [-0.2, -0.15) is 5.10 Å². The third-order valence-electron chi connectivity index (χ3n) is 1.68. The standard InChI is InChI=1S/C11H13N3OS/c1-2-7-12-11(16)14-13-8-9-3-5-10(15)6-4-9/h2-6,8,15H,1,7H2,(H2,12,14,16). The summed E-state index contributed by atoms with van der Waals surface area (Å²) in [7, 11) is 0. The topological polar surface area (TPSA) is 56.7 Å². The molecule has 5 heteroatoms. The summed E-state index contributed by atoms with van der Waals surface area (Å²) in [6, 6.07) is 6.69. The predicted octanol–water partition coefficient (Wildman–Crippen LogP) is 1.38. The number of rotatable bonds is 4. The summed E-state index contributed by atoms with van der Waals surface area (Å²) in [6.07, 6.45) is 3.32. The van der Waals surface area contributed by atoms with Gasteiger partial charge in [0.25, 0.3) is 0 Å². The number of phenols is 1. The minimum Gasteiger partial charge on any atom is -0.508 e. The van der Waals surface area contributed by atoms with Crippen molar-refractivity contribution < 1.29 is 5.11 Å². The number of nitrogens with one attached hydrogen (secondary N) is 2. The molecule has 0 aliphatic carbocycles. The van der Waals surface area contributed by atoms with Gasteiger partial charge < -0.3 is 10.4 Å². The molecule has 0 saturated heterocycles. The number of phenolic OH excluding ortho intramolecular Hbond substituents is 1. The van der Waals surface area contributed by atoms with Crippen molar-refractivity contribution in [2.75, 3.05) is 6.54 Å². The molecule has 3 N–H and O–H groups in total. The van der Waals surface area contributed by atoms with Crippen LogP contribution in [-0.4, -0.2) is 23.0 Å². The lowest BCUT2D eigenvalue weighted by Gasteiger charge is -2.02. The summed E-state index contributed by atoms with van der Waals surface area (Å²) in [4.78, 5) is 0. The van der Waals surface area contributed by atoms with Crippen molar-refractivity contribution in [3.05, 3.63) is 42.5 Å². The third kappa shape index (κ3) is 4.56. The van der Waals surface area contributed by atoms with Gasteiger partial charge in [0.05, 0.1) is 6.21 Å². The zero-order valence-corrected chi connectivity index (χ0v) is 9.50. The molecule has 0 atom stereocenters. The molecule has 0 spiro atoms. The molecule has 0 aliphatic rings. The first-order valence-corrected chi connectivity index (χ1v) is 5.10. The van der Waals surface area contributed by atoms with Crippen LogP contribution in [-0.2, 0) is 0 Å². The lowest BCUT2D eigenvalue weighted by atomic mass is 10.2. The Kier molecular flexibility index (Phi) is 5.01. The largest absolute Gasteiger partial charge is 0.508 e. The second kappa shape index (κ2) is 6.58. The van der Waals surface area contributed by atoms with Gasteiger partial charge in [-0.15, -0.1) is 6.58 Å². The third-order valence-corrected chi connectivity index (χ3v) is 1.92.